The molecule has 0 unspecified atom stereocenters. The second-order valence-corrected chi connectivity index (χ2v) is 14.2. The van der Waals surface area contributed by atoms with Gasteiger partial charge in [0.15, 0.2) is 0 Å². The highest BCUT2D eigenvalue weighted by molar-refractivity contribution is 7.86. The third-order valence-corrected chi connectivity index (χ3v) is 10.9. The zero-order valence-corrected chi connectivity index (χ0v) is 20.2. The van der Waals surface area contributed by atoms with Crippen molar-refractivity contribution in [1.29, 1.82) is 0 Å². The SMILES string of the molecule is CCCCCCCCc1c(CC)ccc(S(=O)(=O)O)c1[SiH](C(C)C)C(C)C. The number of unbranched alkanes of at least 4 members (excludes halogenated alkanes) is 5. The Balaban J connectivity index is 3.35. The summed E-state index contributed by atoms with van der Waals surface area (Å²) < 4.78 is 34.3. The predicted molar refractivity (Wildman–Crippen MR) is 120 cm³/mol. The maximum absolute atomic E-state index is 12.2. The van der Waals surface area contributed by atoms with Crippen LogP contribution in [0.15, 0.2) is 17.0 Å². The molecule has 1 aromatic rings. The van der Waals surface area contributed by atoms with Crippen LogP contribution in [0.3, 0.4) is 0 Å². The van der Waals surface area contributed by atoms with E-state index >= 15 is 0 Å². The first-order chi connectivity index (χ1) is 12.6. The molecule has 0 aliphatic rings. The maximum atomic E-state index is 12.2. The Bertz CT molecular complexity index is 673. The van der Waals surface area contributed by atoms with Gasteiger partial charge in [0.25, 0.3) is 10.1 Å². The highest BCUT2D eigenvalue weighted by atomic mass is 32.2. The third kappa shape index (κ3) is 7.03. The fraction of sp³-hybridized carbons (Fsp3) is 0.727. The third-order valence-electron chi connectivity index (χ3n) is 5.62. The van der Waals surface area contributed by atoms with E-state index in [1.807, 2.05) is 6.07 Å². The molecule has 0 atom stereocenters. The quantitative estimate of drug-likeness (QED) is 0.274. The largest absolute Gasteiger partial charge is 0.294 e. The Morgan fingerprint density at radius 1 is 0.926 bits per heavy atom. The molecule has 0 fully saturated rings. The Labute approximate surface area is 169 Å². The normalized spacial score (nSPS) is 12.5. The van der Waals surface area contributed by atoms with Crippen molar-refractivity contribution in [2.45, 2.75) is 109 Å². The lowest BCUT2D eigenvalue weighted by atomic mass is 9.98. The Morgan fingerprint density at radius 3 is 1.96 bits per heavy atom. The summed E-state index contributed by atoms with van der Waals surface area (Å²) in [6.07, 6.45) is 9.18. The van der Waals surface area contributed by atoms with Crippen molar-refractivity contribution < 1.29 is 13.0 Å². The molecule has 0 radical (unpaired) electrons. The molecule has 0 aromatic heterocycles. The molecule has 0 aliphatic carbocycles. The number of hydrogen-bond donors (Lipinski definition) is 1. The molecule has 156 valence electrons. The van der Waals surface area contributed by atoms with E-state index in [9.17, 15) is 13.0 Å². The molecular formula is C22H40O3SSi. The summed E-state index contributed by atoms with van der Waals surface area (Å²) >= 11 is 0. The van der Waals surface area contributed by atoms with Gasteiger partial charge in [0.2, 0.25) is 0 Å². The van der Waals surface area contributed by atoms with E-state index in [0.29, 0.717) is 11.1 Å². The monoisotopic (exact) mass is 412 g/mol. The van der Waals surface area contributed by atoms with Gasteiger partial charge in [-0.1, -0.05) is 79.7 Å². The molecule has 5 heteroatoms. The van der Waals surface area contributed by atoms with Crippen molar-refractivity contribution in [2.75, 3.05) is 0 Å². The number of hydrogen-bond acceptors (Lipinski definition) is 2. The van der Waals surface area contributed by atoms with E-state index in [4.69, 9.17) is 0 Å². The second-order valence-electron chi connectivity index (χ2n) is 8.48. The van der Waals surface area contributed by atoms with Crippen molar-refractivity contribution in [3.63, 3.8) is 0 Å². The smallest absolute Gasteiger partial charge is 0.282 e. The topological polar surface area (TPSA) is 54.4 Å². The summed E-state index contributed by atoms with van der Waals surface area (Å²) in [6.45, 7) is 13.2. The van der Waals surface area contributed by atoms with Crippen LogP contribution in [0, 0.1) is 0 Å². The molecule has 0 amide bonds. The van der Waals surface area contributed by atoms with Crippen LogP contribution >= 0.6 is 0 Å². The summed E-state index contributed by atoms with van der Waals surface area (Å²) in [4.78, 5) is 0.180. The van der Waals surface area contributed by atoms with Gasteiger partial charge in [-0.05, 0) is 52.7 Å². The molecule has 0 bridgehead atoms. The van der Waals surface area contributed by atoms with Crippen molar-refractivity contribution in [2.24, 2.45) is 0 Å². The zero-order chi connectivity index (χ0) is 20.6. The van der Waals surface area contributed by atoms with Gasteiger partial charge in [-0.25, -0.2) is 0 Å². The summed E-state index contributed by atoms with van der Waals surface area (Å²) in [7, 11) is -5.77. The minimum atomic E-state index is -4.20. The Morgan fingerprint density at radius 2 is 1.48 bits per heavy atom. The lowest BCUT2D eigenvalue weighted by molar-refractivity contribution is 0.483. The summed E-state index contributed by atoms with van der Waals surface area (Å²) in [5.74, 6) is 0. The predicted octanol–water partition coefficient (Wildman–Crippen LogP) is 5.65. The van der Waals surface area contributed by atoms with Gasteiger partial charge in [0, 0.05) is 0 Å². The van der Waals surface area contributed by atoms with Gasteiger partial charge in [-0.3, -0.25) is 4.55 Å². The molecule has 27 heavy (non-hydrogen) atoms. The van der Waals surface area contributed by atoms with Crippen molar-refractivity contribution in [3.05, 3.63) is 23.3 Å². The summed E-state index contributed by atoms with van der Waals surface area (Å²) in [5.41, 5.74) is 3.37. The van der Waals surface area contributed by atoms with E-state index in [2.05, 4.69) is 41.5 Å². The standard InChI is InChI=1S/C22H40O3SSi/c1-7-9-10-11-12-13-14-20-19(8-2)15-16-21(26(23,24)25)22(20)27(17(3)4)18(5)6/h15-18,27H,7-14H2,1-6H3,(H,23,24,25). The first kappa shape index (κ1) is 24.4. The lowest BCUT2D eigenvalue weighted by Gasteiger charge is -2.29. The van der Waals surface area contributed by atoms with Crippen LogP contribution in [0.4, 0.5) is 0 Å². The van der Waals surface area contributed by atoms with Gasteiger partial charge in [-0.15, -0.1) is 0 Å². The van der Waals surface area contributed by atoms with Crippen LogP contribution in [0.1, 0.15) is 91.2 Å². The van der Waals surface area contributed by atoms with E-state index in [0.717, 1.165) is 24.4 Å². The minimum absolute atomic E-state index is 0.180. The Hall–Kier alpha value is -0.653. The molecule has 0 spiro atoms. The number of aryl methyl sites for hydroxylation is 1. The fourth-order valence-electron chi connectivity index (χ4n) is 4.42. The van der Waals surface area contributed by atoms with Gasteiger partial charge >= 0.3 is 0 Å². The highest BCUT2D eigenvalue weighted by Crippen LogP contribution is 2.27. The van der Waals surface area contributed by atoms with Crippen LogP contribution in [-0.4, -0.2) is 21.8 Å². The summed E-state index contributed by atoms with van der Waals surface area (Å²) in [5, 5.41) is 1.01. The van der Waals surface area contributed by atoms with Gasteiger partial charge in [-0.2, -0.15) is 8.42 Å². The van der Waals surface area contributed by atoms with Gasteiger partial charge in [0.1, 0.15) is 0 Å². The lowest BCUT2D eigenvalue weighted by Crippen LogP contribution is -2.42. The van der Waals surface area contributed by atoms with E-state index < -0.39 is 18.9 Å². The van der Waals surface area contributed by atoms with Crippen LogP contribution < -0.4 is 5.19 Å². The van der Waals surface area contributed by atoms with Crippen LogP contribution in [-0.2, 0) is 23.0 Å². The van der Waals surface area contributed by atoms with Crippen LogP contribution in [0.5, 0.6) is 0 Å². The molecule has 3 nitrogen and oxygen atoms in total. The number of benzene rings is 1. The maximum Gasteiger partial charge on any atom is 0.294 e. The second kappa shape index (κ2) is 11.4. The Kier molecular flexibility index (Phi) is 10.3. The fourth-order valence-corrected chi connectivity index (χ4v) is 9.95. The molecule has 1 rings (SSSR count). The number of rotatable bonds is 12. The molecule has 0 saturated heterocycles. The average Bonchev–Trinajstić information content (AvgIpc) is 2.56. The van der Waals surface area contributed by atoms with Gasteiger partial charge in [0.05, 0.1) is 13.7 Å². The van der Waals surface area contributed by atoms with Crippen molar-refractivity contribution in [3.8, 4) is 0 Å². The summed E-state index contributed by atoms with van der Waals surface area (Å²) in [6, 6.07) is 3.57. The van der Waals surface area contributed by atoms with Crippen molar-refractivity contribution >= 4 is 24.1 Å². The highest BCUT2D eigenvalue weighted by Gasteiger charge is 2.31. The minimum Gasteiger partial charge on any atom is -0.282 e. The molecule has 0 saturated carbocycles. The first-order valence-corrected chi connectivity index (χ1v) is 14.1. The van der Waals surface area contributed by atoms with E-state index in [1.165, 1.54) is 43.2 Å². The molecule has 1 N–H and O–H groups in total. The van der Waals surface area contributed by atoms with Gasteiger partial charge < -0.3 is 0 Å². The average molecular weight is 413 g/mol. The molecule has 0 heterocycles. The first-order valence-electron chi connectivity index (χ1n) is 10.8. The van der Waals surface area contributed by atoms with Crippen LogP contribution in [0.2, 0.25) is 11.1 Å². The molecule has 0 aliphatic heterocycles. The van der Waals surface area contributed by atoms with E-state index in [1.54, 1.807) is 6.07 Å². The molecule has 1 aromatic carbocycles. The van der Waals surface area contributed by atoms with Crippen LogP contribution in [0.25, 0.3) is 0 Å². The molecular weight excluding hydrogens is 372 g/mol. The zero-order valence-electron chi connectivity index (χ0n) is 18.2. The van der Waals surface area contributed by atoms with E-state index in [-0.39, 0.29) is 4.90 Å². The van der Waals surface area contributed by atoms with Crippen molar-refractivity contribution in [1.82, 2.24) is 0 Å².